The minimum absolute atomic E-state index is 0.196. The van der Waals surface area contributed by atoms with Gasteiger partial charge in [0.2, 0.25) is 0 Å². The summed E-state index contributed by atoms with van der Waals surface area (Å²) in [6.45, 7) is 0. The smallest absolute Gasteiger partial charge is 0.288 e. The summed E-state index contributed by atoms with van der Waals surface area (Å²) in [6, 6.07) is 11.2. The summed E-state index contributed by atoms with van der Waals surface area (Å²) < 4.78 is 62.7. The number of alkyl halides is 3. The van der Waals surface area contributed by atoms with Crippen molar-refractivity contribution in [3.63, 3.8) is 0 Å². The Kier molecular flexibility index (Phi) is 5.81. The molecule has 134 valence electrons. The monoisotopic (exact) mass is 410 g/mol. The standard InChI is InChI=1S/C16H11Cl2F3O3S/c17-12-5-1-10(2-6-12)15(11-3-7-13(18)8-4-11)25(23,24)9-14(22)16(19,20)21/h1-8,15H,9H2. The third-order valence-corrected chi connectivity index (χ3v) is 5.78. The van der Waals surface area contributed by atoms with Gasteiger partial charge in [-0.05, 0) is 35.4 Å². The Morgan fingerprint density at radius 2 is 1.24 bits per heavy atom. The highest BCUT2D eigenvalue weighted by atomic mass is 35.5. The van der Waals surface area contributed by atoms with Crippen LogP contribution in [0.15, 0.2) is 48.5 Å². The van der Waals surface area contributed by atoms with Gasteiger partial charge in [-0.25, -0.2) is 8.42 Å². The molecule has 2 aromatic carbocycles. The van der Waals surface area contributed by atoms with Crippen molar-refractivity contribution in [1.82, 2.24) is 0 Å². The number of hydrogen-bond donors (Lipinski definition) is 0. The second kappa shape index (κ2) is 7.35. The number of halogens is 5. The van der Waals surface area contributed by atoms with E-state index in [4.69, 9.17) is 23.2 Å². The highest BCUT2D eigenvalue weighted by molar-refractivity contribution is 7.92. The average Bonchev–Trinajstić information content (AvgIpc) is 2.50. The van der Waals surface area contributed by atoms with E-state index in [-0.39, 0.29) is 11.1 Å². The number of Topliss-reactive ketones (excluding diaryl/α,β-unsaturated/α-hetero) is 1. The predicted octanol–water partition coefficient (Wildman–Crippen LogP) is 4.63. The lowest BCUT2D eigenvalue weighted by atomic mass is 10.0. The van der Waals surface area contributed by atoms with E-state index in [9.17, 15) is 26.4 Å². The first-order valence-electron chi connectivity index (χ1n) is 6.83. The van der Waals surface area contributed by atoms with Crippen molar-refractivity contribution in [3.8, 4) is 0 Å². The third-order valence-electron chi connectivity index (χ3n) is 3.35. The van der Waals surface area contributed by atoms with Crippen LogP contribution in [0.1, 0.15) is 16.4 Å². The van der Waals surface area contributed by atoms with Crippen LogP contribution < -0.4 is 0 Å². The first-order chi connectivity index (χ1) is 11.5. The molecule has 0 saturated carbocycles. The average molecular weight is 411 g/mol. The summed E-state index contributed by atoms with van der Waals surface area (Å²) in [5, 5.41) is -0.780. The molecular weight excluding hydrogens is 400 g/mol. The van der Waals surface area contributed by atoms with Crippen LogP contribution in [0.4, 0.5) is 13.2 Å². The van der Waals surface area contributed by atoms with Crippen molar-refractivity contribution >= 4 is 38.8 Å². The molecule has 0 aliphatic rings. The van der Waals surface area contributed by atoms with Crippen LogP contribution in [0.5, 0.6) is 0 Å². The molecule has 2 rings (SSSR count). The first-order valence-corrected chi connectivity index (χ1v) is 9.30. The molecule has 0 spiro atoms. The number of carbonyl (C=O) groups excluding carboxylic acids is 1. The number of hydrogen-bond acceptors (Lipinski definition) is 3. The van der Waals surface area contributed by atoms with Crippen LogP contribution in [-0.2, 0) is 14.6 Å². The second-order valence-corrected chi connectivity index (χ2v) is 8.17. The molecule has 0 N–H and O–H groups in total. The van der Waals surface area contributed by atoms with Gasteiger partial charge in [0.1, 0.15) is 11.0 Å². The van der Waals surface area contributed by atoms with Crippen LogP contribution in [0.25, 0.3) is 0 Å². The van der Waals surface area contributed by atoms with E-state index < -0.39 is 32.8 Å². The molecule has 0 fully saturated rings. The molecule has 25 heavy (non-hydrogen) atoms. The minimum atomic E-state index is -5.22. The number of carbonyl (C=O) groups is 1. The molecule has 0 aliphatic carbocycles. The van der Waals surface area contributed by atoms with Gasteiger partial charge in [0.25, 0.3) is 5.78 Å². The van der Waals surface area contributed by atoms with Gasteiger partial charge in [-0.3, -0.25) is 4.79 Å². The Labute approximate surface area is 152 Å². The maximum Gasteiger partial charge on any atom is 0.451 e. The van der Waals surface area contributed by atoms with Gasteiger partial charge >= 0.3 is 6.18 Å². The highest BCUT2D eigenvalue weighted by Crippen LogP contribution is 2.33. The van der Waals surface area contributed by atoms with Crippen molar-refractivity contribution in [2.24, 2.45) is 0 Å². The Morgan fingerprint density at radius 1 is 0.880 bits per heavy atom. The quantitative estimate of drug-likeness (QED) is 0.721. The van der Waals surface area contributed by atoms with Crippen LogP contribution in [0.3, 0.4) is 0 Å². The molecule has 0 atom stereocenters. The van der Waals surface area contributed by atoms with E-state index in [1.165, 1.54) is 48.5 Å². The Balaban J connectivity index is 2.52. The summed E-state index contributed by atoms with van der Waals surface area (Å²) in [5.74, 6) is -3.97. The van der Waals surface area contributed by atoms with Crippen molar-refractivity contribution in [3.05, 3.63) is 69.7 Å². The zero-order valence-electron chi connectivity index (χ0n) is 12.4. The molecule has 2 aromatic rings. The highest BCUT2D eigenvalue weighted by Gasteiger charge is 2.43. The van der Waals surface area contributed by atoms with Crippen LogP contribution in [0.2, 0.25) is 10.0 Å². The van der Waals surface area contributed by atoms with Crippen molar-refractivity contribution < 1.29 is 26.4 Å². The third kappa shape index (κ3) is 4.96. The van der Waals surface area contributed by atoms with Crippen molar-refractivity contribution in [2.75, 3.05) is 5.75 Å². The van der Waals surface area contributed by atoms with E-state index in [1.54, 1.807) is 0 Å². The molecule has 3 nitrogen and oxygen atoms in total. The van der Waals surface area contributed by atoms with E-state index in [0.29, 0.717) is 10.0 Å². The van der Waals surface area contributed by atoms with Gasteiger partial charge in [0.05, 0.1) is 0 Å². The molecule has 0 saturated heterocycles. The van der Waals surface area contributed by atoms with E-state index in [1.807, 2.05) is 0 Å². The normalized spacial score (nSPS) is 12.4. The summed E-state index contributed by atoms with van der Waals surface area (Å²) >= 11 is 11.5. The molecule has 0 unspecified atom stereocenters. The molecule has 9 heteroatoms. The van der Waals surface area contributed by atoms with Gasteiger partial charge in [-0.15, -0.1) is 0 Å². The first kappa shape index (κ1) is 19.8. The van der Waals surface area contributed by atoms with Crippen LogP contribution >= 0.6 is 23.2 Å². The van der Waals surface area contributed by atoms with Crippen molar-refractivity contribution in [2.45, 2.75) is 11.4 Å². The molecule has 0 bridgehead atoms. The Hall–Kier alpha value is -1.57. The predicted molar refractivity (Wildman–Crippen MR) is 89.6 cm³/mol. The molecule has 0 radical (unpaired) electrons. The largest absolute Gasteiger partial charge is 0.451 e. The molecular formula is C16H11Cl2F3O3S. The van der Waals surface area contributed by atoms with Gasteiger partial charge < -0.3 is 0 Å². The van der Waals surface area contributed by atoms with Crippen LogP contribution in [-0.4, -0.2) is 26.1 Å². The number of rotatable bonds is 5. The van der Waals surface area contributed by atoms with Gasteiger partial charge in [-0.1, -0.05) is 47.5 Å². The fraction of sp³-hybridized carbons (Fsp3) is 0.188. The molecule has 0 aromatic heterocycles. The van der Waals surface area contributed by atoms with Crippen molar-refractivity contribution in [1.29, 1.82) is 0 Å². The van der Waals surface area contributed by atoms with E-state index in [0.717, 1.165) is 0 Å². The fourth-order valence-corrected chi connectivity index (χ4v) is 4.32. The summed E-state index contributed by atoms with van der Waals surface area (Å²) in [4.78, 5) is 11.2. The fourth-order valence-electron chi connectivity index (χ4n) is 2.23. The number of sulfone groups is 1. The molecule has 0 heterocycles. The maximum absolute atomic E-state index is 12.6. The van der Waals surface area contributed by atoms with Gasteiger partial charge in [0, 0.05) is 10.0 Å². The lowest BCUT2D eigenvalue weighted by Gasteiger charge is -2.19. The zero-order valence-corrected chi connectivity index (χ0v) is 14.8. The van der Waals surface area contributed by atoms with Crippen LogP contribution in [0, 0.1) is 0 Å². The van der Waals surface area contributed by atoms with E-state index in [2.05, 4.69) is 0 Å². The van der Waals surface area contributed by atoms with Gasteiger partial charge in [0.15, 0.2) is 9.84 Å². The summed E-state index contributed by atoms with van der Waals surface area (Å²) in [6.07, 6.45) is -5.22. The lowest BCUT2D eigenvalue weighted by molar-refractivity contribution is -0.168. The zero-order chi connectivity index (χ0) is 18.8. The SMILES string of the molecule is O=C(CS(=O)(=O)C(c1ccc(Cl)cc1)c1ccc(Cl)cc1)C(F)(F)F. The minimum Gasteiger partial charge on any atom is -0.288 e. The number of benzene rings is 2. The molecule has 0 aliphatic heterocycles. The second-order valence-electron chi connectivity index (χ2n) is 5.21. The Bertz CT molecular complexity index is 815. The van der Waals surface area contributed by atoms with Gasteiger partial charge in [-0.2, -0.15) is 13.2 Å². The summed E-state index contributed by atoms with van der Waals surface area (Å²) in [7, 11) is -4.49. The maximum atomic E-state index is 12.6. The lowest BCUT2D eigenvalue weighted by Crippen LogP contribution is -2.32. The van der Waals surface area contributed by atoms with E-state index >= 15 is 0 Å². The number of ketones is 1. The Morgan fingerprint density at radius 3 is 1.56 bits per heavy atom. The summed E-state index contributed by atoms with van der Waals surface area (Å²) in [5.41, 5.74) is 0.392. The molecule has 0 amide bonds. The topological polar surface area (TPSA) is 51.2 Å².